The monoisotopic (exact) mass is 248 g/mol. The second-order valence-corrected chi connectivity index (χ2v) is 5.07. The van der Waals surface area contributed by atoms with E-state index in [1.165, 1.54) is 22.7 Å². The van der Waals surface area contributed by atoms with Crippen molar-refractivity contribution in [3.05, 3.63) is 38.5 Å². The quantitative estimate of drug-likeness (QED) is 0.784. The number of carbonyl (C=O) groups excluding carboxylic acids is 1. The molecule has 2 heterocycles. The first-order valence-corrected chi connectivity index (χ1v) is 6.37. The normalized spacial score (nSPS) is 12.0. The van der Waals surface area contributed by atoms with Crippen molar-refractivity contribution in [1.29, 1.82) is 5.26 Å². The first kappa shape index (κ1) is 11.0. The molecule has 0 unspecified atom stereocenters. The number of aromatic nitrogens is 1. The second-order valence-electron chi connectivity index (χ2n) is 3.23. The Morgan fingerprint density at radius 2 is 2.38 bits per heavy atom. The Labute approximate surface area is 101 Å². The fourth-order valence-electron chi connectivity index (χ4n) is 1.29. The average molecular weight is 248 g/mol. The molecular formula is C11H8N2OS2. The molecule has 16 heavy (non-hydrogen) atoms. The number of ketones is 1. The fourth-order valence-corrected chi connectivity index (χ4v) is 2.82. The van der Waals surface area contributed by atoms with E-state index in [-0.39, 0.29) is 5.78 Å². The van der Waals surface area contributed by atoms with Gasteiger partial charge in [0.15, 0.2) is 11.7 Å². The molecule has 80 valence electrons. The number of hydrogen-bond donors (Lipinski definition) is 0. The maximum Gasteiger partial charge on any atom is 0.196 e. The second kappa shape index (κ2) is 4.56. The minimum atomic E-state index is -0.766. The Balaban J connectivity index is 2.31. The van der Waals surface area contributed by atoms with E-state index < -0.39 is 5.92 Å². The molecule has 0 amide bonds. The van der Waals surface area contributed by atoms with Crippen LogP contribution in [0.5, 0.6) is 0 Å². The van der Waals surface area contributed by atoms with Crippen LogP contribution in [0.3, 0.4) is 0 Å². The van der Waals surface area contributed by atoms with Gasteiger partial charge in [-0.1, -0.05) is 6.07 Å². The summed E-state index contributed by atoms with van der Waals surface area (Å²) in [5, 5.41) is 13.3. The average Bonchev–Trinajstić information content (AvgIpc) is 2.90. The molecule has 0 N–H and O–H groups in total. The smallest absolute Gasteiger partial charge is 0.196 e. The lowest BCUT2D eigenvalue weighted by Gasteiger charge is -2.01. The molecule has 0 fully saturated rings. The van der Waals surface area contributed by atoms with Gasteiger partial charge >= 0.3 is 0 Å². The lowest BCUT2D eigenvalue weighted by molar-refractivity contribution is 0.0982. The van der Waals surface area contributed by atoms with Crippen molar-refractivity contribution < 1.29 is 4.79 Å². The number of nitrogens with zero attached hydrogens (tertiary/aromatic N) is 2. The van der Waals surface area contributed by atoms with E-state index in [1.54, 1.807) is 12.1 Å². The highest BCUT2D eigenvalue weighted by Crippen LogP contribution is 2.25. The van der Waals surface area contributed by atoms with Crippen LogP contribution in [0.4, 0.5) is 0 Å². The molecule has 3 nitrogen and oxygen atoms in total. The van der Waals surface area contributed by atoms with Crippen molar-refractivity contribution >= 4 is 28.5 Å². The highest BCUT2D eigenvalue weighted by Gasteiger charge is 2.25. The third-order valence-electron chi connectivity index (χ3n) is 2.04. The largest absolute Gasteiger partial charge is 0.291 e. The van der Waals surface area contributed by atoms with Crippen molar-refractivity contribution in [2.75, 3.05) is 0 Å². The Hall–Kier alpha value is -1.51. The van der Waals surface area contributed by atoms with Crippen LogP contribution >= 0.6 is 22.7 Å². The molecule has 0 aliphatic carbocycles. The molecule has 0 spiro atoms. The fraction of sp³-hybridized carbons (Fsp3) is 0.182. The number of rotatable bonds is 3. The molecule has 0 aliphatic rings. The Bertz CT molecular complexity index is 537. The van der Waals surface area contributed by atoms with Gasteiger partial charge in [-0.15, -0.1) is 22.7 Å². The van der Waals surface area contributed by atoms with Crippen molar-refractivity contribution in [2.45, 2.75) is 12.8 Å². The van der Waals surface area contributed by atoms with Crippen molar-refractivity contribution in [2.24, 2.45) is 0 Å². The summed E-state index contributed by atoms with van der Waals surface area (Å²) < 4.78 is 0. The van der Waals surface area contributed by atoms with Gasteiger partial charge in [-0.2, -0.15) is 5.26 Å². The molecule has 0 saturated heterocycles. The molecule has 1 atom stereocenters. The van der Waals surface area contributed by atoms with Gasteiger partial charge in [-0.25, -0.2) is 4.98 Å². The Morgan fingerprint density at radius 3 is 2.88 bits per heavy atom. The number of carbonyl (C=O) groups is 1. The predicted octanol–water partition coefficient (Wildman–Crippen LogP) is 3.00. The van der Waals surface area contributed by atoms with E-state index in [2.05, 4.69) is 4.98 Å². The molecule has 0 radical (unpaired) electrons. The number of aryl methyl sites for hydroxylation is 1. The summed E-state index contributed by atoms with van der Waals surface area (Å²) in [6.07, 6.45) is 0. The number of nitriles is 1. The zero-order chi connectivity index (χ0) is 11.5. The van der Waals surface area contributed by atoms with E-state index in [4.69, 9.17) is 5.26 Å². The predicted molar refractivity (Wildman–Crippen MR) is 63.9 cm³/mol. The van der Waals surface area contributed by atoms with Gasteiger partial charge in [-0.3, -0.25) is 4.79 Å². The molecule has 0 aromatic carbocycles. The molecule has 0 bridgehead atoms. The summed E-state index contributed by atoms with van der Waals surface area (Å²) in [4.78, 5) is 16.8. The van der Waals surface area contributed by atoms with Gasteiger partial charge in [0, 0.05) is 11.1 Å². The standard InChI is InChI=1S/C11H8N2OS2/c1-7-6-16-11(13-7)8(5-12)10(14)9-3-2-4-15-9/h2-4,6,8H,1H3/t8-/m1/s1. The van der Waals surface area contributed by atoms with E-state index in [0.29, 0.717) is 9.88 Å². The highest BCUT2D eigenvalue weighted by molar-refractivity contribution is 7.12. The van der Waals surface area contributed by atoms with Crippen LogP contribution in [-0.2, 0) is 0 Å². The van der Waals surface area contributed by atoms with Crippen LogP contribution in [0.25, 0.3) is 0 Å². The van der Waals surface area contributed by atoms with Crippen molar-refractivity contribution in [3.8, 4) is 6.07 Å². The summed E-state index contributed by atoms with van der Waals surface area (Å²) in [7, 11) is 0. The van der Waals surface area contributed by atoms with Crippen molar-refractivity contribution in [3.63, 3.8) is 0 Å². The van der Waals surface area contributed by atoms with E-state index in [0.717, 1.165) is 5.69 Å². The summed E-state index contributed by atoms with van der Waals surface area (Å²) in [6, 6.07) is 5.56. The molecule has 2 aromatic heterocycles. The van der Waals surface area contributed by atoms with Gasteiger partial charge in [0.1, 0.15) is 5.01 Å². The van der Waals surface area contributed by atoms with Crippen LogP contribution in [0, 0.1) is 18.3 Å². The highest BCUT2D eigenvalue weighted by atomic mass is 32.1. The van der Waals surface area contributed by atoms with Crippen LogP contribution < -0.4 is 0 Å². The van der Waals surface area contributed by atoms with Crippen LogP contribution in [0.2, 0.25) is 0 Å². The molecule has 0 saturated carbocycles. The van der Waals surface area contributed by atoms with Gasteiger partial charge in [0.25, 0.3) is 0 Å². The molecular weight excluding hydrogens is 240 g/mol. The van der Waals surface area contributed by atoms with E-state index in [1.807, 2.05) is 23.8 Å². The summed E-state index contributed by atoms with van der Waals surface area (Å²) >= 11 is 2.71. The van der Waals surface area contributed by atoms with E-state index in [9.17, 15) is 4.79 Å². The zero-order valence-electron chi connectivity index (χ0n) is 8.51. The summed E-state index contributed by atoms with van der Waals surface area (Å²) in [5.74, 6) is -0.927. The SMILES string of the molecule is Cc1csc([C@H](C#N)C(=O)c2cccs2)n1. The van der Waals surface area contributed by atoms with Gasteiger partial charge in [0.2, 0.25) is 0 Å². The maximum absolute atomic E-state index is 12.0. The number of hydrogen-bond acceptors (Lipinski definition) is 5. The molecule has 2 rings (SSSR count). The first-order chi connectivity index (χ1) is 7.72. The summed E-state index contributed by atoms with van der Waals surface area (Å²) in [6.45, 7) is 1.85. The zero-order valence-corrected chi connectivity index (χ0v) is 10.1. The Morgan fingerprint density at radius 1 is 1.56 bits per heavy atom. The summed E-state index contributed by atoms with van der Waals surface area (Å²) in [5.41, 5.74) is 0.847. The molecule has 2 aromatic rings. The molecule has 5 heteroatoms. The lowest BCUT2D eigenvalue weighted by Crippen LogP contribution is -2.09. The Kier molecular flexibility index (Phi) is 3.13. The topological polar surface area (TPSA) is 53.8 Å². The lowest BCUT2D eigenvalue weighted by atomic mass is 10.1. The van der Waals surface area contributed by atoms with Crippen LogP contribution in [0.1, 0.15) is 26.3 Å². The minimum Gasteiger partial charge on any atom is -0.291 e. The molecule has 0 aliphatic heterocycles. The number of Topliss-reactive ketones (excluding diaryl/α,β-unsaturated/α-hetero) is 1. The van der Waals surface area contributed by atoms with Gasteiger partial charge in [-0.05, 0) is 18.4 Å². The van der Waals surface area contributed by atoms with Crippen molar-refractivity contribution in [1.82, 2.24) is 4.98 Å². The number of thiophene rings is 1. The third kappa shape index (κ3) is 2.03. The van der Waals surface area contributed by atoms with Crippen LogP contribution in [0.15, 0.2) is 22.9 Å². The van der Waals surface area contributed by atoms with Crippen LogP contribution in [-0.4, -0.2) is 10.8 Å². The number of thiazole rings is 1. The van der Waals surface area contributed by atoms with E-state index >= 15 is 0 Å². The van der Waals surface area contributed by atoms with Gasteiger partial charge < -0.3 is 0 Å². The third-order valence-corrected chi connectivity index (χ3v) is 3.95. The minimum absolute atomic E-state index is 0.160. The first-order valence-electron chi connectivity index (χ1n) is 4.61. The van der Waals surface area contributed by atoms with Gasteiger partial charge in [0.05, 0.1) is 10.9 Å². The maximum atomic E-state index is 12.0.